The van der Waals surface area contributed by atoms with Crippen LogP contribution < -0.4 is 0 Å². The number of allylic oxidation sites excluding steroid dienone is 1. The number of hydrogen-bond donors (Lipinski definition) is 0. The Kier molecular flexibility index (Phi) is 4.37. The molecule has 0 spiro atoms. The number of hydrogen-bond acceptors (Lipinski definition) is 2. The zero-order valence-electron chi connectivity index (χ0n) is 8.76. The lowest BCUT2D eigenvalue weighted by Crippen LogP contribution is -2.00. The van der Waals surface area contributed by atoms with Gasteiger partial charge in [0, 0.05) is 6.07 Å². The number of halogens is 2. The molecule has 1 heterocycles. The van der Waals surface area contributed by atoms with Crippen molar-refractivity contribution in [2.75, 3.05) is 6.61 Å². The summed E-state index contributed by atoms with van der Waals surface area (Å²) in [6, 6.07) is 0.798. The van der Waals surface area contributed by atoms with Crippen LogP contribution in [0.15, 0.2) is 23.9 Å². The molecular formula is C11H13F2NO. The maximum Gasteiger partial charge on any atom is 0.150 e. The second kappa shape index (κ2) is 5.56. The molecule has 0 aliphatic rings. The number of rotatable bonds is 4. The van der Waals surface area contributed by atoms with Crippen LogP contribution in [0.1, 0.15) is 19.5 Å². The van der Waals surface area contributed by atoms with E-state index in [1.165, 1.54) is 0 Å². The molecule has 4 heteroatoms. The minimum absolute atomic E-state index is 0.0515. The summed E-state index contributed by atoms with van der Waals surface area (Å²) in [4.78, 5) is 3.60. The highest BCUT2D eigenvalue weighted by molar-refractivity contribution is 5.07. The summed E-state index contributed by atoms with van der Waals surface area (Å²) in [5, 5.41) is 0. The van der Waals surface area contributed by atoms with Gasteiger partial charge in [-0.1, -0.05) is 11.6 Å². The van der Waals surface area contributed by atoms with Crippen molar-refractivity contribution < 1.29 is 13.5 Å². The third-order valence-corrected chi connectivity index (χ3v) is 1.73. The van der Waals surface area contributed by atoms with Gasteiger partial charge in [-0.3, -0.25) is 4.98 Å². The van der Waals surface area contributed by atoms with Crippen molar-refractivity contribution in [2.24, 2.45) is 0 Å². The predicted octanol–water partition coefficient (Wildman–Crippen LogP) is 2.84. The topological polar surface area (TPSA) is 22.1 Å². The summed E-state index contributed by atoms with van der Waals surface area (Å²) in [5.41, 5.74) is 1.25. The first-order valence-electron chi connectivity index (χ1n) is 4.60. The summed E-state index contributed by atoms with van der Waals surface area (Å²) < 4.78 is 30.7. The zero-order valence-corrected chi connectivity index (χ0v) is 8.76. The highest BCUT2D eigenvalue weighted by atomic mass is 19.1. The van der Waals surface area contributed by atoms with Crippen LogP contribution in [0, 0.1) is 11.6 Å². The molecule has 0 radical (unpaired) electrons. The lowest BCUT2D eigenvalue weighted by Gasteiger charge is -2.02. The van der Waals surface area contributed by atoms with Crippen molar-refractivity contribution in [1.82, 2.24) is 4.98 Å². The fourth-order valence-electron chi connectivity index (χ4n) is 0.930. The van der Waals surface area contributed by atoms with Gasteiger partial charge in [0.2, 0.25) is 0 Å². The molecule has 0 saturated heterocycles. The summed E-state index contributed by atoms with van der Waals surface area (Å²) in [6.45, 7) is 4.34. The van der Waals surface area contributed by atoms with E-state index in [2.05, 4.69) is 4.98 Å². The molecule has 0 saturated carbocycles. The average molecular weight is 213 g/mol. The monoisotopic (exact) mass is 213 g/mol. The lowest BCUT2D eigenvalue weighted by atomic mass is 10.3. The third kappa shape index (κ3) is 4.16. The highest BCUT2D eigenvalue weighted by Gasteiger charge is 2.04. The van der Waals surface area contributed by atoms with Crippen molar-refractivity contribution in [3.05, 3.63) is 41.2 Å². The van der Waals surface area contributed by atoms with Gasteiger partial charge in [-0.15, -0.1) is 0 Å². The first-order valence-corrected chi connectivity index (χ1v) is 4.60. The van der Waals surface area contributed by atoms with E-state index in [4.69, 9.17) is 4.74 Å². The molecule has 1 aromatic heterocycles. The zero-order chi connectivity index (χ0) is 11.3. The van der Waals surface area contributed by atoms with E-state index in [0.29, 0.717) is 6.61 Å². The van der Waals surface area contributed by atoms with E-state index in [1.54, 1.807) is 0 Å². The van der Waals surface area contributed by atoms with Crippen molar-refractivity contribution in [3.63, 3.8) is 0 Å². The van der Waals surface area contributed by atoms with Crippen LogP contribution in [0.3, 0.4) is 0 Å². The van der Waals surface area contributed by atoms with Crippen LogP contribution in [-0.4, -0.2) is 11.6 Å². The summed E-state index contributed by atoms with van der Waals surface area (Å²) in [6.07, 6.45) is 2.85. The Bertz CT molecular complexity index is 360. The normalized spacial score (nSPS) is 10.1. The molecule has 1 rings (SSSR count). The second-order valence-corrected chi connectivity index (χ2v) is 3.38. The molecule has 15 heavy (non-hydrogen) atoms. The summed E-state index contributed by atoms with van der Waals surface area (Å²) >= 11 is 0. The fraction of sp³-hybridized carbons (Fsp3) is 0.364. The standard InChI is InChI=1S/C11H13F2NO/c1-8(2)3-4-15-7-11-10(13)5-9(12)6-14-11/h3,5-6H,4,7H2,1-2H3. The Hall–Kier alpha value is -1.29. The quantitative estimate of drug-likeness (QED) is 0.566. The molecule has 0 fully saturated rings. The Morgan fingerprint density at radius 2 is 2.20 bits per heavy atom. The molecular weight excluding hydrogens is 200 g/mol. The predicted molar refractivity (Wildman–Crippen MR) is 53.2 cm³/mol. The SMILES string of the molecule is CC(C)=CCOCc1ncc(F)cc1F. The van der Waals surface area contributed by atoms with Crippen LogP contribution in [0.5, 0.6) is 0 Å². The van der Waals surface area contributed by atoms with Crippen LogP contribution >= 0.6 is 0 Å². The molecule has 82 valence electrons. The van der Waals surface area contributed by atoms with Crippen molar-refractivity contribution in [2.45, 2.75) is 20.5 Å². The smallest absolute Gasteiger partial charge is 0.150 e. The molecule has 0 bridgehead atoms. The van der Waals surface area contributed by atoms with Gasteiger partial charge < -0.3 is 4.74 Å². The molecule has 0 aromatic carbocycles. The molecule has 0 aliphatic carbocycles. The van der Waals surface area contributed by atoms with E-state index in [-0.39, 0.29) is 12.3 Å². The minimum atomic E-state index is -0.680. The third-order valence-electron chi connectivity index (χ3n) is 1.73. The molecule has 0 atom stereocenters. The van der Waals surface area contributed by atoms with Gasteiger partial charge in [0.15, 0.2) is 0 Å². The van der Waals surface area contributed by atoms with Crippen LogP contribution in [-0.2, 0) is 11.3 Å². The second-order valence-electron chi connectivity index (χ2n) is 3.38. The maximum atomic E-state index is 13.0. The van der Waals surface area contributed by atoms with Gasteiger partial charge in [0.05, 0.1) is 19.4 Å². The number of aromatic nitrogens is 1. The van der Waals surface area contributed by atoms with Gasteiger partial charge in [-0.05, 0) is 13.8 Å². The summed E-state index contributed by atoms with van der Waals surface area (Å²) in [5.74, 6) is -1.35. The molecule has 2 nitrogen and oxygen atoms in total. The maximum absolute atomic E-state index is 13.0. The van der Waals surface area contributed by atoms with E-state index in [1.807, 2.05) is 19.9 Å². The van der Waals surface area contributed by atoms with Gasteiger partial charge in [0.1, 0.15) is 17.3 Å². The molecule has 0 unspecified atom stereocenters. The van der Waals surface area contributed by atoms with E-state index >= 15 is 0 Å². The van der Waals surface area contributed by atoms with Crippen molar-refractivity contribution in [1.29, 1.82) is 0 Å². The van der Waals surface area contributed by atoms with Crippen LogP contribution in [0.4, 0.5) is 8.78 Å². The Labute approximate surface area is 87.6 Å². The Balaban J connectivity index is 2.47. The van der Waals surface area contributed by atoms with Gasteiger partial charge in [-0.2, -0.15) is 0 Å². The lowest BCUT2D eigenvalue weighted by molar-refractivity contribution is 0.142. The van der Waals surface area contributed by atoms with E-state index in [9.17, 15) is 8.78 Å². The first kappa shape index (κ1) is 11.8. The molecule has 1 aromatic rings. The Morgan fingerprint density at radius 3 is 2.80 bits per heavy atom. The van der Waals surface area contributed by atoms with Gasteiger partial charge in [-0.25, -0.2) is 8.78 Å². The Morgan fingerprint density at radius 1 is 1.47 bits per heavy atom. The largest absolute Gasteiger partial charge is 0.371 e. The molecule has 0 amide bonds. The fourth-order valence-corrected chi connectivity index (χ4v) is 0.930. The van der Waals surface area contributed by atoms with Crippen molar-refractivity contribution >= 4 is 0 Å². The van der Waals surface area contributed by atoms with Crippen molar-refractivity contribution in [3.8, 4) is 0 Å². The number of nitrogens with zero attached hydrogens (tertiary/aromatic N) is 1. The number of ether oxygens (including phenoxy) is 1. The van der Waals surface area contributed by atoms with E-state index < -0.39 is 11.6 Å². The van der Waals surface area contributed by atoms with Crippen LogP contribution in [0.25, 0.3) is 0 Å². The number of pyridine rings is 1. The summed E-state index contributed by atoms with van der Waals surface area (Å²) in [7, 11) is 0. The highest BCUT2D eigenvalue weighted by Crippen LogP contribution is 2.07. The van der Waals surface area contributed by atoms with E-state index in [0.717, 1.165) is 17.8 Å². The first-order chi connectivity index (χ1) is 7.09. The molecule has 0 aliphatic heterocycles. The minimum Gasteiger partial charge on any atom is -0.371 e. The molecule has 0 N–H and O–H groups in total. The van der Waals surface area contributed by atoms with Crippen LogP contribution in [0.2, 0.25) is 0 Å². The average Bonchev–Trinajstić information content (AvgIpc) is 2.14. The van der Waals surface area contributed by atoms with Gasteiger partial charge in [0.25, 0.3) is 0 Å². The van der Waals surface area contributed by atoms with Gasteiger partial charge >= 0.3 is 0 Å².